The normalized spacial score (nSPS) is 11.9. The maximum Gasteiger partial charge on any atom is 0.330 e. The number of esters is 1. The van der Waals surface area contributed by atoms with E-state index in [4.69, 9.17) is 4.74 Å². The van der Waals surface area contributed by atoms with Gasteiger partial charge in [-0.15, -0.1) is 0 Å². The molecule has 0 rings (SSSR count). The Labute approximate surface area is 96.8 Å². The van der Waals surface area contributed by atoms with Gasteiger partial charge in [0.2, 0.25) is 0 Å². The molecule has 0 fully saturated rings. The number of nitrogens with one attached hydrogen (secondary N) is 1. The van der Waals surface area contributed by atoms with Crippen LogP contribution >= 0.6 is 7.59 Å². The molecule has 0 radical (unpaired) electrons. The van der Waals surface area contributed by atoms with Crippen molar-refractivity contribution >= 4 is 13.6 Å². The first-order chi connectivity index (χ1) is 7.34. The lowest BCUT2D eigenvalue weighted by Crippen LogP contribution is -2.32. The summed E-state index contributed by atoms with van der Waals surface area (Å²) in [6, 6.07) is 0. The van der Waals surface area contributed by atoms with Gasteiger partial charge in [-0.1, -0.05) is 6.58 Å². The molecular weight excluding hydrogens is 229 g/mol. The van der Waals surface area contributed by atoms with Crippen LogP contribution in [-0.4, -0.2) is 56.7 Å². The number of hydrogen-bond donors (Lipinski definition) is 1. The third-order valence-electron chi connectivity index (χ3n) is 1.92. The number of rotatable bonds is 7. The van der Waals surface area contributed by atoms with Crippen molar-refractivity contribution < 1.29 is 14.1 Å². The number of carbonyl (C=O) groups excluding carboxylic acids is 1. The van der Waals surface area contributed by atoms with Crippen LogP contribution in [0.25, 0.3) is 0 Å². The zero-order valence-corrected chi connectivity index (χ0v) is 11.2. The summed E-state index contributed by atoms with van der Waals surface area (Å²) in [5, 5.41) is 2.87. The van der Waals surface area contributed by atoms with Crippen molar-refractivity contribution in [2.75, 3.05) is 41.3 Å². The molecule has 0 aromatic rings. The van der Waals surface area contributed by atoms with Gasteiger partial charge < -0.3 is 4.74 Å². The van der Waals surface area contributed by atoms with Gasteiger partial charge in [0, 0.05) is 12.6 Å². The molecule has 6 nitrogen and oxygen atoms in total. The number of hydrogen-bond acceptors (Lipinski definition) is 3. The summed E-state index contributed by atoms with van der Waals surface area (Å²) in [4.78, 5) is 10.7. The lowest BCUT2D eigenvalue weighted by Gasteiger charge is -2.30. The van der Waals surface area contributed by atoms with E-state index in [0.717, 1.165) is 6.08 Å². The number of ether oxygens (including phenoxy) is 1. The molecule has 0 saturated carbocycles. The molecule has 0 amide bonds. The molecule has 0 heterocycles. The van der Waals surface area contributed by atoms with Crippen LogP contribution < -0.4 is 5.09 Å². The van der Waals surface area contributed by atoms with E-state index in [-0.39, 0.29) is 6.61 Å². The molecule has 1 N–H and O–H groups in total. The lowest BCUT2D eigenvalue weighted by molar-refractivity contribution is -0.137. The maximum atomic E-state index is 12.3. The highest BCUT2D eigenvalue weighted by Gasteiger charge is 2.26. The summed E-state index contributed by atoms with van der Waals surface area (Å²) < 4.78 is 20.3. The summed E-state index contributed by atoms with van der Waals surface area (Å²) in [7, 11) is 4.17. The number of nitrogens with zero attached hydrogens (tertiary/aromatic N) is 2. The Morgan fingerprint density at radius 1 is 1.38 bits per heavy atom. The van der Waals surface area contributed by atoms with E-state index in [1.54, 1.807) is 37.5 Å². The van der Waals surface area contributed by atoms with Gasteiger partial charge in [-0.05, 0) is 28.2 Å². The van der Waals surface area contributed by atoms with Crippen molar-refractivity contribution in [2.24, 2.45) is 0 Å². The highest BCUT2D eigenvalue weighted by Crippen LogP contribution is 2.44. The van der Waals surface area contributed by atoms with Crippen molar-refractivity contribution in [2.45, 2.75) is 0 Å². The largest absolute Gasteiger partial charge is 0.461 e. The van der Waals surface area contributed by atoms with Crippen LogP contribution in [0.1, 0.15) is 0 Å². The molecule has 0 aromatic heterocycles. The average Bonchev–Trinajstić information content (AvgIpc) is 2.22. The van der Waals surface area contributed by atoms with Gasteiger partial charge >= 0.3 is 5.97 Å². The highest BCUT2D eigenvalue weighted by atomic mass is 31.2. The molecule has 0 aliphatic rings. The topological polar surface area (TPSA) is 61.9 Å². The SMILES string of the molecule is C=CC(=O)OCCNP(=O)(N(C)C)N(C)C. The van der Waals surface area contributed by atoms with Crippen molar-refractivity contribution in [3.8, 4) is 0 Å². The minimum atomic E-state index is -2.73. The van der Waals surface area contributed by atoms with E-state index < -0.39 is 13.6 Å². The zero-order chi connectivity index (χ0) is 12.8. The molecule has 0 saturated heterocycles. The van der Waals surface area contributed by atoms with Crippen LogP contribution in [0.15, 0.2) is 12.7 Å². The van der Waals surface area contributed by atoms with Gasteiger partial charge in [0.1, 0.15) is 6.61 Å². The maximum absolute atomic E-state index is 12.3. The molecule has 0 aromatic carbocycles. The first-order valence-electron chi connectivity index (χ1n) is 4.84. The zero-order valence-electron chi connectivity index (χ0n) is 10.3. The van der Waals surface area contributed by atoms with Crippen LogP contribution in [0.5, 0.6) is 0 Å². The first-order valence-corrected chi connectivity index (χ1v) is 6.45. The summed E-state index contributed by atoms with van der Waals surface area (Å²) in [5.41, 5.74) is 0. The van der Waals surface area contributed by atoms with Crippen molar-refractivity contribution in [3.05, 3.63) is 12.7 Å². The molecular formula is C9H20N3O3P. The van der Waals surface area contributed by atoms with E-state index in [1.807, 2.05) is 0 Å². The van der Waals surface area contributed by atoms with Crippen LogP contribution in [-0.2, 0) is 14.1 Å². The molecule has 94 valence electrons. The van der Waals surface area contributed by atoms with E-state index in [1.165, 1.54) is 0 Å². The second-order valence-corrected chi connectivity index (χ2v) is 6.52. The Morgan fingerprint density at radius 3 is 2.25 bits per heavy atom. The molecule has 7 heteroatoms. The predicted octanol–water partition coefficient (Wildman–Crippen LogP) is 0.536. The second kappa shape index (κ2) is 6.81. The Kier molecular flexibility index (Phi) is 6.52. The second-order valence-electron chi connectivity index (χ2n) is 3.52. The molecule has 0 atom stereocenters. The summed E-state index contributed by atoms with van der Waals surface area (Å²) in [5.74, 6) is -0.480. The fourth-order valence-corrected chi connectivity index (χ4v) is 2.71. The molecule has 0 unspecified atom stereocenters. The van der Waals surface area contributed by atoms with Crippen molar-refractivity contribution in [1.82, 2.24) is 14.4 Å². The lowest BCUT2D eigenvalue weighted by atomic mass is 10.6. The van der Waals surface area contributed by atoms with Gasteiger partial charge in [-0.3, -0.25) is 4.57 Å². The van der Waals surface area contributed by atoms with E-state index in [9.17, 15) is 9.36 Å². The van der Waals surface area contributed by atoms with Crippen LogP contribution in [0.2, 0.25) is 0 Å². The van der Waals surface area contributed by atoms with Gasteiger partial charge in [-0.2, -0.15) is 0 Å². The van der Waals surface area contributed by atoms with Crippen molar-refractivity contribution in [3.63, 3.8) is 0 Å². The Balaban J connectivity index is 4.11. The minimum absolute atomic E-state index is 0.163. The molecule has 0 spiro atoms. The molecule has 0 aliphatic heterocycles. The van der Waals surface area contributed by atoms with Crippen LogP contribution in [0.3, 0.4) is 0 Å². The molecule has 16 heavy (non-hydrogen) atoms. The Bertz CT molecular complexity index is 280. The van der Waals surface area contributed by atoms with E-state index in [0.29, 0.717) is 6.54 Å². The first kappa shape index (κ1) is 15.3. The van der Waals surface area contributed by atoms with E-state index >= 15 is 0 Å². The smallest absolute Gasteiger partial charge is 0.330 e. The Hall–Kier alpha value is -0.680. The summed E-state index contributed by atoms with van der Waals surface area (Å²) in [6.45, 7) is 3.77. The van der Waals surface area contributed by atoms with E-state index in [2.05, 4.69) is 11.7 Å². The molecule has 0 bridgehead atoms. The fourth-order valence-electron chi connectivity index (χ4n) is 1.04. The average molecular weight is 249 g/mol. The summed E-state index contributed by atoms with van der Waals surface area (Å²) in [6.07, 6.45) is 1.09. The monoisotopic (exact) mass is 249 g/mol. The number of carbonyl (C=O) groups is 1. The minimum Gasteiger partial charge on any atom is -0.461 e. The van der Waals surface area contributed by atoms with Crippen LogP contribution in [0, 0.1) is 0 Å². The van der Waals surface area contributed by atoms with Gasteiger partial charge in [0.05, 0.1) is 0 Å². The Morgan fingerprint density at radius 2 is 1.88 bits per heavy atom. The molecule has 0 aliphatic carbocycles. The van der Waals surface area contributed by atoms with Crippen LogP contribution in [0.4, 0.5) is 0 Å². The highest BCUT2D eigenvalue weighted by molar-refractivity contribution is 7.56. The predicted molar refractivity (Wildman–Crippen MR) is 64.1 cm³/mol. The van der Waals surface area contributed by atoms with Crippen molar-refractivity contribution in [1.29, 1.82) is 0 Å². The fraction of sp³-hybridized carbons (Fsp3) is 0.667. The summed E-state index contributed by atoms with van der Waals surface area (Å²) >= 11 is 0. The third kappa shape index (κ3) is 4.45. The van der Waals surface area contributed by atoms with Gasteiger partial charge in [-0.25, -0.2) is 19.2 Å². The quantitative estimate of drug-likeness (QED) is 0.307. The standard InChI is InChI=1S/C9H20N3O3P/c1-6-9(13)15-8-7-10-16(14,11(2)3)12(4)5/h6H,1,7-8H2,2-5H3,(H,10,14). The van der Waals surface area contributed by atoms with Gasteiger partial charge in [0.25, 0.3) is 7.59 Å². The third-order valence-corrected chi connectivity index (χ3v) is 4.72. The van der Waals surface area contributed by atoms with Gasteiger partial charge in [0.15, 0.2) is 0 Å².